The van der Waals surface area contributed by atoms with E-state index in [4.69, 9.17) is 5.11 Å². The molecule has 116 valence electrons. The summed E-state index contributed by atoms with van der Waals surface area (Å²) in [4.78, 5) is 23.8. The first-order chi connectivity index (χ1) is 9.70. The normalized spacial score (nSPS) is 13.1. The highest BCUT2D eigenvalue weighted by Crippen LogP contribution is 2.18. The molecular formula is C11H15N3O6S. The van der Waals surface area contributed by atoms with Crippen LogP contribution in [-0.4, -0.2) is 46.8 Å². The predicted molar refractivity (Wildman–Crippen MR) is 72.1 cm³/mol. The monoisotopic (exact) mass is 317 g/mol. The van der Waals surface area contributed by atoms with E-state index in [1.165, 1.54) is 6.92 Å². The lowest BCUT2D eigenvalue weighted by atomic mass is 10.2. The van der Waals surface area contributed by atoms with Crippen LogP contribution in [0.15, 0.2) is 23.2 Å². The lowest BCUT2D eigenvalue weighted by Crippen LogP contribution is -2.36. The number of pyridine rings is 1. The van der Waals surface area contributed by atoms with Gasteiger partial charge in [0.1, 0.15) is 4.90 Å². The Kier molecular flexibility index (Phi) is 5.33. The van der Waals surface area contributed by atoms with Crippen molar-refractivity contribution in [2.45, 2.75) is 18.7 Å². The first-order valence-electron chi connectivity index (χ1n) is 6.03. The van der Waals surface area contributed by atoms with Gasteiger partial charge in [0.25, 0.3) is 0 Å². The molecule has 1 atom stereocenters. The van der Waals surface area contributed by atoms with Crippen molar-refractivity contribution in [3.63, 3.8) is 0 Å². The molecule has 0 bridgehead atoms. The maximum atomic E-state index is 12.3. The van der Waals surface area contributed by atoms with Crippen LogP contribution >= 0.6 is 0 Å². The van der Waals surface area contributed by atoms with Crippen LogP contribution in [0.3, 0.4) is 0 Å². The van der Waals surface area contributed by atoms with Crippen molar-refractivity contribution in [3.8, 4) is 0 Å². The molecule has 0 radical (unpaired) electrons. The van der Waals surface area contributed by atoms with Crippen LogP contribution in [0.1, 0.15) is 13.8 Å². The number of carboxylic acid groups (broad SMARTS) is 1. The molecule has 0 amide bonds. The molecule has 1 N–H and O–H groups in total. The van der Waals surface area contributed by atoms with Crippen LogP contribution < -0.4 is 0 Å². The Labute approximate surface area is 121 Å². The van der Waals surface area contributed by atoms with E-state index in [1.54, 1.807) is 6.92 Å². The second kappa shape index (κ2) is 6.59. The number of carboxylic acids is 1. The highest BCUT2D eigenvalue weighted by molar-refractivity contribution is 7.89. The van der Waals surface area contributed by atoms with E-state index < -0.39 is 32.7 Å². The molecule has 1 rings (SSSR count). The molecule has 1 aromatic rings. The number of hydrogen-bond donors (Lipinski definition) is 1. The van der Waals surface area contributed by atoms with Gasteiger partial charge in [0, 0.05) is 19.2 Å². The van der Waals surface area contributed by atoms with E-state index in [9.17, 15) is 23.3 Å². The Morgan fingerprint density at radius 1 is 1.52 bits per heavy atom. The molecule has 0 spiro atoms. The van der Waals surface area contributed by atoms with Gasteiger partial charge in [-0.2, -0.15) is 4.31 Å². The van der Waals surface area contributed by atoms with E-state index in [0.29, 0.717) is 0 Å². The van der Waals surface area contributed by atoms with E-state index in [1.807, 2.05) is 0 Å². The number of aromatic nitrogens is 1. The fourth-order valence-corrected chi connectivity index (χ4v) is 3.05. The molecule has 0 aliphatic rings. The summed E-state index contributed by atoms with van der Waals surface area (Å²) in [5.74, 6) is -2.44. The molecule has 0 saturated carbocycles. The summed E-state index contributed by atoms with van der Waals surface area (Å²) in [6.07, 6.45) is 0.890. The molecule has 10 heteroatoms. The Balaban J connectivity index is 3.06. The maximum Gasteiger partial charge on any atom is 0.363 e. The lowest BCUT2D eigenvalue weighted by molar-refractivity contribution is -0.389. The summed E-state index contributed by atoms with van der Waals surface area (Å²) < 4.78 is 25.6. The maximum absolute atomic E-state index is 12.3. The number of aliphatic carboxylic acids is 1. The molecule has 9 nitrogen and oxygen atoms in total. The van der Waals surface area contributed by atoms with Crippen LogP contribution in [-0.2, 0) is 14.8 Å². The van der Waals surface area contributed by atoms with Gasteiger partial charge >= 0.3 is 11.8 Å². The molecule has 1 heterocycles. The summed E-state index contributed by atoms with van der Waals surface area (Å²) in [6, 6.07) is 2.07. The highest BCUT2D eigenvalue weighted by atomic mass is 32.2. The Morgan fingerprint density at radius 3 is 2.52 bits per heavy atom. The zero-order valence-electron chi connectivity index (χ0n) is 11.5. The van der Waals surface area contributed by atoms with E-state index in [-0.39, 0.29) is 18.0 Å². The first kappa shape index (κ1) is 17.0. The third-order valence-electron chi connectivity index (χ3n) is 2.80. The van der Waals surface area contributed by atoms with Crippen molar-refractivity contribution in [3.05, 3.63) is 28.4 Å². The fraction of sp³-hybridized carbons (Fsp3) is 0.455. The second-order valence-electron chi connectivity index (χ2n) is 4.30. The lowest BCUT2D eigenvalue weighted by Gasteiger charge is -2.21. The third-order valence-corrected chi connectivity index (χ3v) is 4.72. The average molecular weight is 317 g/mol. The van der Waals surface area contributed by atoms with Gasteiger partial charge in [-0.3, -0.25) is 4.79 Å². The molecule has 0 aliphatic carbocycles. The quantitative estimate of drug-likeness (QED) is 0.579. The van der Waals surface area contributed by atoms with Gasteiger partial charge < -0.3 is 15.2 Å². The molecular weight excluding hydrogens is 302 g/mol. The van der Waals surface area contributed by atoms with Crippen LogP contribution in [0.2, 0.25) is 0 Å². The van der Waals surface area contributed by atoms with Gasteiger partial charge in [-0.05, 0) is 16.0 Å². The molecule has 0 fully saturated rings. The van der Waals surface area contributed by atoms with Gasteiger partial charge in [0.05, 0.1) is 5.92 Å². The SMILES string of the molecule is CCN(CC(C)C(=O)O)S(=O)(=O)c1ccc([N+](=O)[O-])nc1. The number of carbonyl (C=O) groups is 1. The number of nitro groups is 1. The summed E-state index contributed by atoms with van der Waals surface area (Å²) in [5, 5.41) is 19.3. The molecule has 0 saturated heterocycles. The smallest absolute Gasteiger partial charge is 0.363 e. The summed E-state index contributed by atoms with van der Waals surface area (Å²) in [6.45, 7) is 2.86. The Bertz CT molecular complexity index is 628. The average Bonchev–Trinajstić information content (AvgIpc) is 2.44. The van der Waals surface area contributed by atoms with Crippen molar-refractivity contribution < 1.29 is 23.2 Å². The molecule has 1 aromatic heterocycles. The van der Waals surface area contributed by atoms with Crippen molar-refractivity contribution in [1.29, 1.82) is 0 Å². The van der Waals surface area contributed by atoms with E-state index in [2.05, 4.69) is 4.98 Å². The van der Waals surface area contributed by atoms with E-state index >= 15 is 0 Å². The molecule has 1 unspecified atom stereocenters. The minimum absolute atomic E-state index is 0.0803. The van der Waals surface area contributed by atoms with Crippen LogP contribution in [0.5, 0.6) is 0 Å². The summed E-state index contributed by atoms with van der Waals surface area (Å²) in [7, 11) is -3.94. The van der Waals surface area contributed by atoms with Crippen LogP contribution in [0.25, 0.3) is 0 Å². The Hall–Kier alpha value is -2.07. The Morgan fingerprint density at radius 2 is 2.14 bits per heavy atom. The topological polar surface area (TPSA) is 131 Å². The minimum atomic E-state index is -3.94. The van der Waals surface area contributed by atoms with Gasteiger partial charge in [0.2, 0.25) is 10.0 Å². The zero-order valence-corrected chi connectivity index (χ0v) is 12.3. The third kappa shape index (κ3) is 3.95. The zero-order chi connectivity index (χ0) is 16.2. The number of nitrogens with zero attached hydrogens (tertiary/aromatic N) is 3. The van der Waals surface area contributed by atoms with Crippen molar-refractivity contribution in [2.24, 2.45) is 5.92 Å². The predicted octanol–water partition coefficient (Wildman–Crippen LogP) is 0.721. The highest BCUT2D eigenvalue weighted by Gasteiger charge is 2.28. The number of sulfonamides is 1. The fourth-order valence-electron chi connectivity index (χ4n) is 1.56. The van der Waals surface area contributed by atoms with Crippen molar-refractivity contribution in [2.75, 3.05) is 13.1 Å². The first-order valence-corrected chi connectivity index (χ1v) is 7.47. The van der Waals surface area contributed by atoms with Gasteiger partial charge in [-0.25, -0.2) is 8.42 Å². The number of rotatable bonds is 7. The largest absolute Gasteiger partial charge is 0.481 e. The van der Waals surface area contributed by atoms with Gasteiger partial charge in [-0.1, -0.05) is 13.8 Å². The number of hydrogen-bond acceptors (Lipinski definition) is 6. The summed E-state index contributed by atoms with van der Waals surface area (Å²) >= 11 is 0. The van der Waals surface area contributed by atoms with Crippen molar-refractivity contribution >= 4 is 21.8 Å². The second-order valence-corrected chi connectivity index (χ2v) is 6.24. The summed E-state index contributed by atoms with van der Waals surface area (Å²) in [5.41, 5.74) is 0. The standard InChI is InChI=1S/C11H15N3O6S/c1-3-13(7-8(2)11(15)16)21(19,20)9-4-5-10(12-6-9)14(17)18/h4-6,8H,3,7H2,1-2H3,(H,15,16). The molecule has 0 aliphatic heterocycles. The van der Waals surface area contributed by atoms with Crippen LogP contribution in [0, 0.1) is 16.0 Å². The van der Waals surface area contributed by atoms with E-state index in [0.717, 1.165) is 22.6 Å². The van der Waals surface area contributed by atoms with Gasteiger partial charge in [-0.15, -0.1) is 0 Å². The van der Waals surface area contributed by atoms with Gasteiger partial charge in [0.15, 0.2) is 6.20 Å². The molecule has 21 heavy (non-hydrogen) atoms. The van der Waals surface area contributed by atoms with Crippen molar-refractivity contribution in [1.82, 2.24) is 9.29 Å². The molecule has 0 aromatic carbocycles. The van der Waals surface area contributed by atoms with Crippen LogP contribution in [0.4, 0.5) is 5.82 Å². The minimum Gasteiger partial charge on any atom is -0.481 e.